The SMILES string of the molecule is COC(=O)C(P)C(=O)OC. The van der Waals surface area contributed by atoms with Gasteiger partial charge in [0.15, 0.2) is 5.66 Å². The van der Waals surface area contributed by atoms with E-state index in [2.05, 4.69) is 9.47 Å². The maximum atomic E-state index is 10.6. The fraction of sp³-hybridized carbons (Fsp3) is 0.600. The minimum atomic E-state index is -0.907. The van der Waals surface area contributed by atoms with E-state index in [0.29, 0.717) is 0 Å². The molecule has 0 saturated heterocycles. The lowest BCUT2D eigenvalue weighted by Gasteiger charge is -2.04. The smallest absolute Gasteiger partial charge is 0.323 e. The molecule has 0 aliphatic carbocycles. The first-order chi connectivity index (χ1) is 4.63. The number of esters is 2. The summed E-state index contributed by atoms with van der Waals surface area (Å²) in [6.07, 6.45) is 0. The Hall–Kier alpha value is -0.630. The Morgan fingerprint density at radius 3 is 1.70 bits per heavy atom. The summed E-state index contributed by atoms with van der Waals surface area (Å²) in [5, 5.41) is 0. The summed E-state index contributed by atoms with van der Waals surface area (Å²) < 4.78 is 8.55. The minimum absolute atomic E-state index is 0.614. The zero-order chi connectivity index (χ0) is 8.15. The molecule has 0 radical (unpaired) electrons. The van der Waals surface area contributed by atoms with E-state index in [9.17, 15) is 9.59 Å². The van der Waals surface area contributed by atoms with Crippen LogP contribution < -0.4 is 0 Å². The Morgan fingerprint density at radius 1 is 1.20 bits per heavy atom. The van der Waals surface area contributed by atoms with E-state index in [0.717, 1.165) is 0 Å². The van der Waals surface area contributed by atoms with E-state index < -0.39 is 17.6 Å². The second-order valence-electron chi connectivity index (χ2n) is 1.52. The Bertz CT molecular complexity index is 129. The first-order valence-electron chi connectivity index (χ1n) is 2.54. The van der Waals surface area contributed by atoms with Crippen molar-refractivity contribution in [2.45, 2.75) is 5.66 Å². The van der Waals surface area contributed by atoms with E-state index in [1.165, 1.54) is 14.2 Å². The van der Waals surface area contributed by atoms with Gasteiger partial charge in [0.2, 0.25) is 0 Å². The third kappa shape index (κ3) is 2.31. The quantitative estimate of drug-likeness (QED) is 0.316. The van der Waals surface area contributed by atoms with Crippen LogP contribution in [0.4, 0.5) is 0 Å². The molecule has 0 rings (SSSR count). The number of hydrogen-bond donors (Lipinski definition) is 0. The average Bonchev–Trinajstić information content (AvgIpc) is 2.00. The highest BCUT2D eigenvalue weighted by Crippen LogP contribution is 2.03. The van der Waals surface area contributed by atoms with E-state index >= 15 is 0 Å². The standard InChI is InChI=1S/C5H9O4P/c1-8-4(6)3(10)5(7)9-2/h3H,10H2,1-2H3. The van der Waals surface area contributed by atoms with Crippen molar-refractivity contribution in [3.8, 4) is 0 Å². The summed E-state index contributed by atoms with van der Waals surface area (Å²) in [5.41, 5.74) is -0.907. The predicted molar refractivity (Wildman–Crippen MR) is 37.5 cm³/mol. The van der Waals surface area contributed by atoms with Crippen LogP contribution in [0.3, 0.4) is 0 Å². The lowest BCUT2D eigenvalue weighted by Crippen LogP contribution is -2.26. The van der Waals surface area contributed by atoms with Crippen LogP contribution in [0.5, 0.6) is 0 Å². The molecule has 0 aliphatic heterocycles. The Morgan fingerprint density at radius 2 is 1.50 bits per heavy atom. The second kappa shape index (κ2) is 4.23. The Balaban J connectivity index is 3.94. The highest BCUT2D eigenvalue weighted by Gasteiger charge is 2.22. The number of methoxy groups -OCH3 is 2. The molecule has 0 N–H and O–H groups in total. The van der Waals surface area contributed by atoms with Gasteiger partial charge in [-0.2, -0.15) is 0 Å². The summed E-state index contributed by atoms with van der Waals surface area (Å²) in [7, 11) is 4.45. The van der Waals surface area contributed by atoms with Gasteiger partial charge in [-0.15, -0.1) is 9.24 Å². The van der Waals surface area contributed by atoms with Crippen molar-refractivity contribution in [2.75, 3.05) is 14.2 Å². The minimum Gasteiger partial charge on any atom is -0.468 e. The highest BCUT2D eigenvalue weighted by molar-refractivity contribution is 7.21. The van der Waals surface area contributed by atoms with E-state index in [1.807, 2.05) is 9.24 Å². The number of hydrogen-bond acceptors (Lipinski definition) is 4. The van der Waals surface area contributed by atoms with Crippen molar-refractivity contribution < 1.29 is 19.1 Å². The molecular formula is C5H9O4P. The third-order valence-electron chi connectivity index (χ3n) is 0.910. The molecule has 1 atom stereocenters. The summed E-state index contributed by atoms with van der Waals surface area (Å²) in [5.74, 6) is -1.23. The first-order valence-corrected chi connectivity index (χ1v) is 3.21. The summed E-state index contributed by atoms with van der Waals surface area (Å²) in [6.45, 7) is 0. The molecule has 0 aromatic carbocycles. The maximum absolute atomic E-state index is 10.6. The van der Waals surface area contributed by atoms with Gasteiger partial charge in [0.1, 0.15) is 0 Å². The van der Waals surface area contributed by atoms with Crippen molar-refractivity contribution in [1.29, 1.82) is 0 Å². The third-order valence-corrected chi connectivity index (χ3v) is 1.45. The van der Waals surface area contributed by atoms with Gasteiger partial charge in [0.05, 0.1) is 14.2 Å². The van der Waals surface area contributed by atoms with E-state index in [4.69, 9.17) is 0 Å². The van der Waals surface area contributed by atoms with Crippen LogP contribution in [-0.4, -0.2) is 31.8 Å². The zero-order valence-electron chi connectivity index (χ0n) is 5.79. The number of carbonyl (C=O) groups is 2. The molecule has 0 amide bonds. The highest BCUT2D eigenvalue weighted by atomic mass is 31.0. The monoisotopic (exact) mass is 164 g/mol. The molecule has 4 nitrogen and oxygen atoms in total. The zero-order valence-corrected chi connectivity index (χ0v) is 6.94. The molecule has 0 aromatic heterocycles. The molecule has 0 fully saturated rings. The number of ether oxygens (including phenoxy) is 2. The predicted octanol–water partition coefficient (Wildman–Crippen LogP) is -0.424. The topological polar surface area (TPSA) is 52.6 Å². The molecule has 1 unspecified atom stereocenters. The molecular weight excluding hydrogens is 155 g/mol. The van der Waals surface area contributed by atoms with Crippen molar-refractivity contribution in [2.24, 2.45) is 0 Å². The van der Waals surface area contributed by atoms with Crippen LogP contribution >= 0.6 is 9.24 Å². The van der Waals surface area contributed by atoms with Crippen LogP contribution in [0, 0.1) is 0 Å². The van der Waals surface area contributed by atoms with Gasteiger partial charge in [-0.3, -0.25) is 9.59 Å². The lowest BCUT2D eigenvalue weighted by molar-refractivity contribution is -0.150. The van der Waals surface area contributed by atoms with Gasteiger partial charge >= 0.3 is 11.9 Å². The Labute approximate surface area is 61.1 Å². The van der Waals surface area contributed by atoms with Crippen LogP contribution in [0.2, 0.25) is 0 Å². The van der Waals surface area contributed by atoms with Gasteiger partial charge < -0.3 is 9.47 Å². The van der Waals surface area contributed by atoms with Crippen molar-refractivity contribution in [3.63, 3.8) is 0 Å². The summed E-state index contributed by atoms with van der Waals surface area (Å²) >= 11 is 0. The van der Waals surface area contributed by atoms with Crippen LogP contribution in [-0.2, 0) is 19.1 Å². The van der Waals surface area contributed by atoms with Gasteiger partial charge in [-0.05, 0) is 0 Å². The molecule has 0 aromatic rings. The van der Waals surface area contributed by atoms with Crippen molar-refractivity contribution in [1.82, 2.24) is 0 Å². The largest absolute Gasteiger partial charge is 0.468 e. The normalized spacial score (nSPS) is 9.20. The molecule has 5 heteroatoms. The van der Waals surface area contributed by atoms with Crippen molar-refractivity contribution in [3.05, 3.63) is 0 Å². The van der Waals surface area contributed by atoms with Gasteiger partial charge in [0.25, 0.3) is 0 Å². The molecule has 0 saturated carbocycles. The average molecular weight is 164 g/mol. The Kier molecular flexibility index (Phi) is 3.96. The number of rotatable bonds is 2. The first kappa shape index (κ1) is 9.37. The molecule has 0 aliphatic rings. The number of carbonyl (C=O) groups excluding carboxylic acids is 2. The van der Waals surface area contributed by atoms with Crippen molar-refractivity contribution >= 4 is 21.2 Å². The summed E-state index contributed by atoms with van der Waals surface area (Å²) in [4.78, 5) is 21.1. The van der Waals surface area contributed by atoms with Gasteiger partial charge in [-0.25, -0.2) is 0 Å². The fourth-order valence-electron chi connectivity index (χ4n) is 0.350. The van der Waals surface area contributed by atoms with Gasteiger partial charge in [0, 0.05) is 0 Å². The summed E-state index contributed by atoms with van der Waals surface area (Å²) in [6, 6.07) is 0. The van der Waals surface area contributed by atoms with E-state index in [1.54, 1.807) is 0 Å². The molecule has 58 valence electrons. The molecule has 0 spiro atoms. The van der Waals surface area contributed by atoms with Crippen LogP contribution in [0.25, 0.3) is 0 Å². The van der Waals surface area contributed by atoms with Crippen LogP contribution in [0.1, 0.15) is 0 Å². The van der Waals surface area contributed by atoms with Gasteiger partial charge in [-0.1, -0.05) is 0 Å². The maximum Gasteiger partial charge on any atom is 0.323 e. The van der Waals surface area contributed by atoms with Crippen LogP contribution in [0.15, 0.2) is 0 Å². The fourth-order valence-corrected chi connectivity index (χ4v) is 0.622. The van der Waals surface area contributed by atoms with E-state index in [-0.39, 0.29) is 0 Å². The molecule has 0 heterocycles. The second-order valence-corrected chi connectivity index (χ2v) is 2.19. The molecule has 10 heavy (non-hydrogen) atoms. The molecule has 0 bridgehead atoms. The lowest BCUT2D eigenvalue weighted by atomic mass is 10.4.